The van der Waals surface area contributed by atoms with E-state index >= 15 is 0 Å². The first-order chi connectivity index (χ1) is 7.16. The molecular weight excluding hydrogens is 182 g/mol. The molecule has 0 aromatic heterocycles. The van der Waals surface area contributed by atoms with Gasteiger partial charge < -0.3 is 4.90 Å². The first-order valence-electron chi connectivity index (χ1n) is 5.24. The maximum absolute atomic E-state index is 4.00. The molecule has 1 rings (SSSR count). The Labute approximate surface area is 92.7 Å². The van der Waals surface area contributed by atoms with Crippen LogP contribution in [0.1, 0.15) is 19.4 Å². The minimum atomic E-state index is 0.931. The summed E-state index contributed by atoms with van der Waals surface area (Å²) in [6.45, 7) is 9.02. The Morgan fingerprint density at radius 1 is 1.40 bits per heavy atom. The van der Waals surface area contributed by atoms with E-state index in [0.29, 0.717) is 0 Å². The number of nitrogens with zero attached hydrogens (tertiary/aromatic N) is 1. The van der Waals surface area contributed by atoms with Crippen LogP contribution in [0.25, 0.3) is 5.57 Å². The van der Waals surface area contributed by atoms with Gasteiger partial charge in [-0.05, 0) is 25.5 Å². The fourth-order valence-electron chi connectivity index (χ4n) is 1.53. The number of hydrogen-bond acceptors (Lipinski definition) is 1. The van der Waals surface area contributed by atoms with Gasteiger partial charge in [0, 0.05) is 24.8 Å². The van der Waals surface area contributed by atoms with Crippen molar-refractivity contribution in [2.24, 2.45) is 0 Å². The zero-order valence-electron chi connectivity index (χ0n) is 9.83. The highest BCUT2D eigenvalue weighted by atomic mass is 15.1. The average molecular weight is 201 g/mol. The van der Waals surface area contributed by atoms with Crippen molar-refractivity contribution in [2.75, 3.05) is 18.5 Å². The maximum Gasteiger partial charge on any atom is 0.0442 e. The van der Waals surface area contributed by atoms with E-state index in [9.17, 15) is 0 Å². The summed E-state index contributed by atoms with van der Waals surface area (Å²) in [6.07, 6.45) is 4.22. The van der Waals surface area contributed by atoms with Gasteiger partial charge in [-0.3, -0.25) is 0 Å². The number of allylic oxidation sites excluding steroid dienone is 2. The van der Waals surface area contributed by atoms with E-state index in [-0.39, 0.29) is 0 Å². The Bertz CT molecular complexity index is 363. The Morgan fingerprint density at radius 2 is 2.07 bits per heavy atom. The molecule has 1 heteroatoms. The molecule has 0 atom stereocenters. The van der Waals surface area contributed by atoms with Crippen LogP contribution in [0.4, 0.5) is 5.69 Å². The standard InChI is InChI=1S/C14H19N/c1-5-6-11-15(4)14-10-8-7-9-13(14)12(2)3/h5-10H,2,11H2,1,3-4H3/b6-5-. The third-order valence-electron chi connectivity index (χ3n) is 2.39. The minimum Gasteiger partial charge on any atom is -0.370 e. The summed E-state index contributed by atoms with van der Waals surface area (Å²) >= 11 is 0. The monoisotopic (exact) mass is 201 g/mol. The summed E-state index contributed by atoms with van der Waals surface area (Å²) < 4.78 is 0. The number of likely N-dealkylation sites (N-methyl/N-ethyl adjacent to an activating group) is 1. The molecule has 15 heavy (non-hydrogen) atoms. The molecule has 0 fully saturated rings. The molecule has 80 valence electrons. The number of para-hydroxylation sites is 1. The average Bonchev–Trinajstić information content (AvgIpc) is 2.25. The van der Waals surface area contributed by atoms with E-state index in [1.807, 2.05) is 13.8 Å². The Morgan fingerprint density at radius 3 is 2.67 bits per heavy atom. The highest BCUT2D eigenvalue weighted by Gasteiger charge is 2.05. The normalized spacial score (nSPS) is 10.6. The lowest BCUT2D eigenvalue weighted by molar-refractivity contribution is 1.02. The van der Waals surface area contributed by atoms with E-state index in [2.05, 4.69) is 54.9 Å². The molecule has 0 aliphatic carbocycles. The second-order valence-corrected chi connectivity index (χ2v) is 3.75. The van der Waals surface area contributed by atoms with Crippen molar-refractivity contribution >= 4 is 11.3 Å². The smallest absolute Gasteiger partial charge is 0.0442 e. The van der Waals surface area contributed by atoms with Gasteiger partial charge in [-0.25, -0.2) is 0 Å². The molecule has 1 nitrogen and oxygen atoms in total. The summed E-state index contributed by atoms with van der Waals surface area (Å²) in [4.78, 5) is 2.23. The van der Waals surface area contributed by atoms with Crippen molar-refractivity contribution < 1.29 is 0 Å². The van der Waals surface area contributed by atoms with Gasteiger partial charge in [0.25, 0.3) is 0 Å². The van der Waals surface area contributed by atoms with E-state index in [0.717, 1.165) is 12.1 Å². The summed E-state index contributed by atoms with van der Waals surface area (Å²) in [7, 11) is 2.10. The Hall–Kier alpha value is -1.50. The molecule has 0 heterocycles. The van der Waals surface area contributed by atoms with Gasteiger partial charge in [0.05, 0.1) is 0 Å². The first-order valence-corrected chi connectivity index (χ1v) is 5.24. The van der Waals surface area contributed by atoms with E-state index in [4.69, 9.17) is 0 Å². The van der Waals surface area contributed by atoms with E-state index in [1.54, 1.807) is 0 Å². The number of anilines is 1. The van der Waals surface area contributed by atoms with Crippen LogP contribution in [0.5, 0.6) is 0 Å². The van der Waals surface area contributed by atoms with Gasteiger partial charge in [0.1, 0.15) is 0 Å². The molecule has 1 aromatic carbocycles. The van der Waals surface area contributed by atoms with Crippen LogP contribution in [-0.2, 0) is 0 Å². The second-order valence-electron chi connectivity index (χ2n) is 3.75. The topological polar surface area (TPSA) is 3.24 Å². The summed E-state index contributed by atoms with van der Waals surface area (Å²) in [5.74, 6) is 0. The summed E-state index contributed by atoms with van der Waals surface area (Å²) in [6, 6.07) is 8.36. The largest absolute Gasteiger partial charge is 0.370 e. The lowest BCUT2D eigenvalue weighted by atomic mass is 10.1. The van der Waals surface area contributed by atoms with Gasteiger partial charge >= 0.3 is 0 Å². The van der Waals surface area contributed by atoms with Crippen molar-refractivity contribution in [1.82, 2.24) is 0 Å². The predicted molar refractivity (Wildman–Crippen MR) is 69.2 cm³/mol. The van der Waals surface area contributed by atoms with Crippen LogP contribution in [0.3, 0.4) is 0 Å². The van der Waals surface area contributed by atoms with Crippen molar-refractivity contribution in [3.05, 3.63) is 48.6 Å². The molecule has 0 saturated carbocycles. The lowest BCUT2D eigenvalue weighted by Crippen LogP contribution is -2.17. The van der Waals surface area contributed by atoms with Crippen LogP contribution >= 0.6 is 0 Å². The predicted octanol–water partition coefficient (Wildman–Crippen LogP) is 3.73. The molecule has 0 radical (unpaired) electrons. The molecule has 0 N–H and O–H groups in total. The molecule has 0 bridgehead atoms. The van der Waals surface area contributed by atoms with Crippen LogP contribution in [-0.4, -0.2) is 13.6 Å². The third-order valence-corrected chi connectivity index (χ3v) is 2.39. The Balaban J connectivity index is 2.96. The Kier molecular flexibility index (Phi) is 4.17. The number of rotatable bonds is 4. The van der Waals surface area contributed by atoms with Gasteiger partial charge in [-0.15, -0.1) is 0 Å². The van der Waals surface area contributed by atoms with Crippen molar-refractivity contribution in [3.63, 3.8) is 0 Å². The molecule has 0 aliphatic heterocycles. The maximum atomic E-state index is 4.00. The molecule has 1 aromatic rings. The van der Waals surface area contributed by atoms with Crippen LogP contribution in [0.15, 0.2) is 43.0 Å². The van der Waals surface area contributed by atoms with Gasteiger partial charge in [-0.2, -0.15) is 0 Å². The first kappa shape index (κ1) is 11.6. The number of benzene rings is 1. The molecule has 0 spiro atoms. The minimum absolute atomic E-state index is 0.931. The van der Waals surface area contributed by atoms with E-state index in [1.165, 1.54) is 11.3 Å². The quantitative estimate of drug-likeness (QED) is 0.671. The van der Waals surface area contributed by atoms with Crippen LogP contribution in [0, 0.1) is 0 Å². The van der Waals surface area contributed by atoms with E-state index < -0.39 is 0 Å². The zero-order valence-corrected chi connectivity index (χ0v) is 9.83. The highest BCUT2D eigenvalue weighted by Crippen LogP contribution is 2.24. The number of hydrogen-bond donors (Lipinski definition) is 0. The zero-order chi connectivity index (χ0) is 11.3. The summed E-state index contributed by atoms with van der Waals surface area (Å²) in [5, 5.41) is 0. The third kappa shape index (κ3) is 2.98. The van der Waals surface area contributed by atoms with Crippen molar-refractivity contribution in [1.29, 1.82) is 0 Å². The fraction of sp³-hybridized carbons (Fsp3) is 0.286. The SMILES string of the molecule is C=C(C)c1ccccc1N(C)C/C=C\C. The van der Waals surface area contributed by atoms with Gasteiger partial charge in [0.2, 0.25) is 0 Å². The highest BCUT2D eigenvalue weighted by molar-refractivity contribution is 5.74. The van der Waals surface area contributed by atoms with Crippen molar-refractivity contribution in [2.45, 2.75) is 13.8 Å². The molecule has 0 unspecified atom stereocenters. The fourth-order valence-corrected chi connectivity index (χ4v) is 1.53. The second kappa shape index (κ2) is 5.40. The van der Waals surface area contributed by atoms with Crippen LogP contribution < -0.4 is 4.90 Å². The van der Waals surface area contributed by atoms with Crippen LogP contribution in [0.2, 0.25) is 0 Å². The van der Waals surface area contributed by atoms with Gasteiger partial charge in [0.15, 0.2) is 0 Å². The van der Waals surface area contributed by atoms with Crippen molar-refractivity contribution in [3.8, 4) is 0 Å². The summed E-state index contributed by atoms with van der Waals surface area (Å²) in [5.41, 5.74) is 3.57. The van der Waals surface area contributed by atoms with Gasteiger partial charge in [-0.1, -0.05) is 36.9 Å². The molecule has 0 amide bonds. The molecule has 0 aliphatic rings. The molecular formula is C14H19N. The lowest BCUT2D eigenvalue weighted by Gasteiger charge is -2.21. The molecule has 0 saturated heterocycles.